The molecule has 1 aromatic rings. The Morgan fingerprint density at radius 3 is 2.68 bits per heavy atom. The van der Waals surface area contributed by atoms with E-state index in [-0.39, 0.29) is 18.5 Å². The second kappa shape index (κ2) is 6.16. The van der Waals surface area contributed by atoms with E-state index >= 15 is 0 Å². The van der Waals surface area contributed by atoms with Crippen LogP contribution in [0.15, 0.2) is 17.5 Å². The SMILES string of the molecule is NC(C(=O)N(CC(=O)O)C1CCCC1)c1cccs1. The summed E-state index contributed by atoms with van der Waals surface area (Å²) in [5.41, 5.74) is 5.95. The highest BCUT2D eigenvalue weighted by Gasteiger charge is 2.32. The van der Waals surface area contributed by atoms with Gasteiger partial charge in [0.25, 0.3) is 0 Å². The Kier molecular flexibility index (Phi) is 4.55. The van der Waals surface area contributed by atoms with Crippen molar-refractivity contribution in [2.75, 3.05) is 6.54 Å². The molecule has 6 heteroatoms. The quantitative estimate of drug-likeness (QED) is 0.859. The maximum absolute atomic E-state index is 12.4. The number of nitrogens with two attached hydrogens (primary N) is 1. The van der Waals surface area contributed by atoms with Gasteiger partial charge < -0.3 is 15.7 Å². The number of carbonyl (C=O) groups is 2. The summed E-state index contributed by atoms with van der Waals surface area (Å²) >= 11 is 1.42. The average molecular weight is 282 g/mol. The number of carbonyl (C=O) groups excluding carboxylic acids is 1. The first-order valence-electron chi connectivity index (χ1n) is 6.41. The minimum Gasteiger partial charge on any atom is -0.480 e. The van der Waals surface area contributed by atoms with Crippen molar-refractivity contribution in [2.45, 2.75) is 37.8 Å². The number of rotatable bonds is 5. The lowest BCUT2D eigenvalue weighted by atomic mass is 10.1. The fourth-order valence-electron chi connectivity index (χ4n) is 2.52. The summed E-state index contributed by atoms with van der Waals surface area (Å²) in [7, 11) is 0. The highest BCUT2D eigenvalue weighted by atomic mass is 32.1. The van der Waals surface area contributed by atoms with Crippen molar-refractivity contribution in [2.24, 2.45) is 5.73 Å². The van der Waals surface area contributed by atoms with Crippen molar-refractivity contribution < 1.29 is 14.7 Å². The molecule has 19 heavy (non-hydrogen) atoms. The summed E-state index contributed by atoms with van der Waals surface area (Å²) in [4.78, 5) is 25.6. The third-order valence-corrected chi connectivity index (χ3v) is 4.43. The standard InChI is InChI=1S/C13H18N2O3S/c14-12(10-6-3-7-19-10)13(18)15(8-11(16)17)9-4-1-2-5-9/h3,6-7,9,12H,1-2,4-5,8,14H2,(H,16,17). The molecule has 1 aromatic heterocycles. The van der Waals surface area contributed by atoms with Crippen molar-refractivity contribution in [1.82, 2.24) is 4.90 Å². The van der Waals surface area contributed by atoms with Gasteiger partial charge in [0.05, 0.1) is 0 Å². The lowest BCUT2D eigenvalue weighted by Gasteiger charge is -2.29. The summed E-state index contributed by atoms with van der Waals surface area (Å²) < 4.78 is 0. The number of thiophene rings is 1. The van der Waals surface area contributed by atoms with Crippen LogP contribution in [0.5, 0.6) is 0 Å². The van der Waals surface area contributed by atoms with Gasteiger partial charge in [0.1, 0.15) is 12.6 Å². The van der Waals surface area contributed by atoms with Gasteiger partial charge in [0, 0.05) is 10.9 Å². The maximum Gasteiger partial charge on any atom is 0.323 e. The summed E-state index contributed by atoms with van der Waals surface area (Å²) in [5, 5.41) is 10.8. The van der Waals surface area contributed by atoms with Gasteiger partial charge in [0.2, 0.25) is 5.91 Å². The minimum absolute atomic E-state index is 0.0228. The van der Waals surface area contributed by atoms with E-state index < -0.39 is 12.0 Å². The van der Waals surface area contributed by atoms with Gasteiger partial charge in [-0.25, -0.2) is 0 Å². The molecule has 5 nitrogen and oxygen atoms in total. The van der Waals surface area contributed by atoms with E-state index in [0.29, 0.717) is 0 Å². The zero-order valence-electron chi connectivity index (χ0n) is 10.6. The van der Waals surface area contributed by atoms with E-state index in [1.54, 1.807) is 6.07 Å². The van der Waals surface area contributed by atoms with Crippen LogP contribution in [-0.2, 0) is 9.59 Å². The average Bonchev–Trinajstić information content (AvgIpc) is 3.05. The smallest absolute Gasteiger partial charge is 0.323 e. The number of hydrogen-bond acceptors (Lipinski definition) is 4. The van der Waals surface area contributed by atoms with Crippen molar-refractivity contribution in [3.63, 3.8) is 0 Å². The van der Waals surface area contributed by atoms with Gasteiger partial charge in [-0.2, -0.15) is 0 Å². The Morgan fingerprint density at radius 2 is 2.16 bits per heavy atom. The summed E-state index contributed by atoms with van der Waals surface area (Å²) in [5.74, 6) is -1.27. The van der Waals surface area contributed by atoms with Gasteiger partial charge in [-0.15, -0.1) is 11.3 Å². The van der Waals surface area contributed by atoms with Crippen LogP contribution in [0.1, 0.15) is 36.6 Å². The van der Waals surface area contributed by atoms with Gasteiger partial charge in [0.15, 0.2) is 0 Å². The minimum atomic E-state index is -0.987. The molecule has 3 N–H and O–H groups in total. The van der Waals surface area contributed by atoms with Crippen LogP contribution in [0.2, 0.25) is 0 Å². The van der Waals surface area contributed by atoms with Gasteiger partial charge >= 0.3 is 5.97 Å². The number of carboxylic acid groups (broad SMARTS) is 1. The van der Waals surface area contributed by atoms with Crippen molar-refractivity contribution in [3.8, 4) is 0 Å². The third-order valence-electron chi connectivity index (χ3n) is 3.47. The molecule has 1 atom stereocenters. The molecule has 0 aromatic carbocycles. The maximum atomic E-state index is 12.4. The number of aliphatic carboxylic acids is 1. The normalized spacial score (nSPS) is 17.3. The Bertz CT molecular complexity index is 441. The Labute approximate surface area is 116 Å². The number of amides is 1. The molecule has 104 valence electrons. The molecular weight excluding hydrogens is 264 g/mol. The van der Waals surface area contributed by atoms with E-state index in [1.807, 2.05) is 11.4 Å². The van der Waals surface area contributed by atoms with Crippen LogP contribution in [0, 0.1) is 0 Å². The van der Waals surface area contributed by atoms with Crippen LogP contribution >= 0.6 is 11.3 Å². The molecule has 1 aliphatic rings. The van der Waals surface area contributed by atoms with E-state index in [9.17, 15) is 9.59 Å². The third kappa shape index (κ3) is 3.33. The molecule has 2 rings (SSSR count). The molecule has 0 aliphatic heterocycles. The molecule has 1 amide bonds. The largest absolute Gasteiger partial charge is 0.480 e. The Balaban J connectivity index is 2.12. The molecule has 1 fully saturated rings. The molecule has 1 saturated carbocycles. The van der Waals surface area contributed by atoms with Crippen LogP contribution < -0.4 is 5.73 Å². The van der Waals surface area contributed by atoms with Crippen LogP contribution in [-0.4, -0.2) is 34.5 Å². The molecule has 1 aliphatic carbocycles. The Morgan fingerprint density at radius 1 is 1.47 bits per heavy atom. The Hall–Kier alpha value is -1.40. The van der Waals surface area contributed by atoms with E-state index in [4.69, 9.17) is 10.8 Å². The topological polar surface area (TPSA) is 83.6 Å². The predicted molar refractivity (Wildman–Crippen MR) is 72.9 cm³/mol. The predicted octanol–water partition coefficient (Wildman–Crippen LogP) is 1.60. The van der Waals surface area contributed by atoms with Gasteiger partial charge in [-0.3, -0.25) is 9.59 Å². The number of nitrogens with zero attached hydrogens (tertiary/aromatic N) is 1. The molecular formula is C13H18N2O3S. The second-order valence-electron chi connectivity index (χ2n) is 4.79. The summed E-state index contributed by atoms with van der Waals surface area (Å²) in [6, 6.07) is 2.92. The summed E-state index contributed by atoms with van der Waals surface area (Å²) in [6.07, 6.45) is 3.83. The molecule has 0 saturated heterocycles. The molecule has 0 radical (unpaired) electrons. The lowest BCUT2D eigenvalue weighted by molar-refractivity contribution is -0.146. The monoisotopic (exact) mass is 282 g/mol. The van der Waals surface area contributed by atoms with Crippen molar-refractivity contribution in [1.29, 1.82) is 0 Å². The lowest BCUT2D eigenvalue weighted by Crippen LogP contribution is -2.46. The zero-order valence-corrected chi connectivity index (χ0v) is 11.4. The van der Waals surface area contributed by atoms with E-state index in [1.165, 1.54) is 16.2 Å². The zero-order chi connectivity index (χ0) is 13.8. The first-order chi connectivity index (χ1) is 9.09. The second-order valence-corrected chi connectivity index (χ2v) is 5.77. The first-order valence-corrected chi connectivity index (χ1v) is 7.29. The molecule has 1 unspecified atom stereocenters. The van der Waals surface area contributed by atoms with Gasteiger partial charge in [-0.05, 0) is 24.3 Å². The fraction of sp³-hybridized carbons (Fsp3) is 0.538. The van der Waals surface area contributed by atoms with Crippen molar-refractivity contribution in [3.05, 3.63) is 22.4 Å². The molecule has 0 spiro atoms. The van der Waals surface area contributed by atoms with Gasteiger partial charge in [-0.1, -0.05) is 18.9 Å². The van der Waals surface area contributed by atoms with Crippen LogP contribution in [0.25, 0.3) is 0 Å². The highest BCUT2D eigenvalue weighted by molar-refractivity contribution is 7.10. The highest BCUT2D eigenvalue weighted by Crippen LogP contribution is 2.26. The number of hydrogen-bond donors (Lipinski definition) is 2. The van der Waals surface area contributed by atoms with Crippen molar-refractivity contribution >= 4 is 23.2 Å². The van der Waals surface area contributed by atoms with E-state index in [0.717, 1.165) is 30.6 Å². The fourth-order valence-corrected chi connectivity index (χ4v) is 3.24. The van der Waals surface area contributed by atoms with Crippen LogP contribution in [0.3, 0.4) is 0 Å². The van der Waals surface area contributed by atoms with Crippen LogP contribution in [0.4, 0.5) is 0 Å². The molecule has 0 bridgehead atoms. The van der Waals surface area contributed by atoms with E-state index in [2.05, 4.69) is 0 Å². The number of carboxylic acids is 1. The summed E-state index contributed by atoms with van der Waals surface area (Å²) in [6.45, 7) is -0.261. The first kappa shape index (κ1) is 14.0. The molecule has 1 heterocycles.